The second-order valence-corrected chi connectivity index (χ2v) is 9.23. The molecule has 4 aromatic rings. The fraction of sp³-hybridized carbons (Fsp3) is 0.174. The largest absolute Gasteiger partial charge is 0.497 e. The number of methoxy groups -OCH3 is 1. The molecule has 176 valence electrons. The topological polar surface area (TPSA) is 128 Å². The number of ether oxygens (including phenoxy) is 1. The van der Waals surface area contributed by atoms with Gasteiger partial charge in [-0.15, -0.1) is 10.2 Å². The van der Waals surface area contributed by atoms with Gasteiger partial charge in [0.25, 0.3) is 0 Å². The van der Waals surface area contributed by atoms with Crippen LogP contribution in [0.4, 0.5) is 5.69 Å². The monoisotopic (exact) mass is 482 g/mol. The van der Waals surface area contributed by atoms with Crippen LogP contribution in [0.2, 0.25) is 0 Å². The van der Waals surface area contributed by atoms with E-state index in [9.17, 15) is 13.2 Å². The molecule has 0 aliphatic carbocycles. The lowest BCUT2D eigenvalue weighted by Gasteiger charge is -2.20. The van der Waals surface area contributed by atoms with Crippen LogP contribution >= 0.6 is 0 Å². The molecule has 4 rings (SSSR count). The zero-order valence-electron chi connectivity index (χ0n) is 18.5. The van der Waals surface area contributed by atoms with Crippen LogP contribution in [0.15, 0.2) is 80.7 Å². The van der Waals surface area contributed by atoms with Crippen molar-refractivity contribution in [1.29, 1.82) is 0 Å². The number of carbonyl (C=O) groups is 1. The molecule has 0 fully saturated rings. The van der Waals surface area contributed by atoms with Crippen molar-refractivity contribution in [3.05, 3.63) is 78.6 Å². The fourth-order valence-corrected chi connectivity index (χ4v) is 4.54. The Labute approximate surface area is 196 Å². The standard InChI is InChI=1S/C23H22N4O6S/c1-16(28)24-18-7-11-21(12-8-18)34(29,30)27(14-20-4-3-13-32-20)15-22-25-26-23(33-22)17-5-9-19(31-2)10-6-17/h3-13H,14-15H2,1-2H3,(H,24,28). The van der Waals surface area contributed by atoms with Gasteiger partial charge < -0.3 is 18.9 Å². The Morgan fingerprint density at radius 2 is 1.76 bits per heavy atom. The van der Waals surface area contributed by atoms with Crippen LogP contribution in [0.1, 0.15) is 18.6 Å². The highest BCUT2D eigenvalue weighted by atomic mass is 32.2. The maximum Gasteiger partial charge on any atom is 0.247 e. The van der Waals surface area contributed by atoms with Gasteiger partial charge in [-0.2, -0.15) is 4.31 Å². The number of furan rings is 1. The second kappa shape index (κ2) is 9.89. The smallest absolute Gasteiger partial charge is 0.247 e. The van der Waals surface area contributed by atoms with Gasteiger partial charge in [-0.25, -0.2) is 8.42 Å². The number of carbonyl (C=O) groups excluding carboxylic acids is 1. The molecule has 0 saturated carbocycles. The third kappa shape index (κ3) is 5.33. The zero-order valence-corrected chi connectivity index (χ0v) is 19.3. The summed E-state index contributed by atoms with van der Waals surface area (Å²) in [4.78, 5) is 11.3. The molecule has 34 heavy (non-hydrogen) atoms. The molecule has 0 unspecified atom stereocenters. The number of hydrogen-bond acceptors (Lipinski definition) is 8. The van der Waals surface area contributed by atoms with E-state index in [1.165, 1.54) is 41.8 Å². The van der Waals surface area contributed by atoms with Crippen molar-refractivity contribution in [2.75, 3.05) is 12.4 Å². The average molecular weight is 483 g/mol. The summed E-state index contributed by atoms with van der Waals surface area (Å²) in [6, 6.07) is 16.3. The highest BCUT2D eigenvalue weighted by Gasteiger charge is 2.28. The highest BCUT2D eigenvalue weighted by Crippen LogP contribution is 2.25. The van der Waals surface area contributed by atoms with Gasteiger partial charge >= 0.3 is 0 Å². The van der Waals surface area contributed by atoms with Crippen molar-refractivity contribution in [2.45, 2.75) is 24.9 Å². The van der Waals surface area contributed by atoms with Gasteiger partial charge in [0.1, 0.15) is 11.5 Å². The molecule has 1 amide bonds. The third-order valence-corrected chi connectivity index (χ3v) is 6.65. The molecule has 0 spiro atoms. The van der Waals surface area contributed by atoms with E-state index in [2.05, 4.69) is 15.5 Å². The van der Waals surface area contributed by atoms with E-state index in [1.807, 2.05) is 0 Å². The summed E-state index contributed by atoms with van der Waals surface area (Å²) in [5.41, 5.74) is 1.17. The van der Waals surface area contributed by atoms with Gasteiger partial charge in [0.15, 0.2) is 0 Å². The van der Waals surface area contributed by atoms with Gasteiger partial charge in [0.05, 0.1) is 31.4 Å². The molecule has 0 atom stereocenters. The maximum atomic E-state index is 13.4. The molecular formula is C23H22N4O6S. The first-order valence-corrected chi connectivity index (χ1v) is 11.7. The minimum absolute atomic E-state index is 0.0387. The quantitative estimate of drug-likeness (QED) is 0.383. The SMILES string of the molecule is COc1ccc(-c2nnc(CN(Cc3ccco3)S(=O)(=O)c3ccc(NC(C)=O)cc3)o2)cc1. The summed E-state index contributed by atoms with van der Waals surface area (Å²) in [6.07, 6.45) is 1.47. The molecule has 11 heteroatoms. The van der Waals surface area contributed by atoms with Gasteiger partial charge in [-0.3, -0.25) is 4.79 Å². The van der Waals surface area contributed by atoms with Crippen molar-refractivity contribution < 1.29 is 26.8 Å². The number of rotatable bonds is 9. The fourth-order valence-electron chi connectivity index (χ4n) is 3.18. The normalized spacial score (nSPS) is 11.5. The molecule has 0 aliphatic heterocycles. The van der Waals surface area contributed by atoms with Crippen molar-refractivity contribution in [1.82, 2.24) is 14.5 Å². The third-order valence-electron chi connectivity index (χ3n) is 4.84. The van der Waals surface area contributed by atoms with E-state index in [1.54, 1.807) is 43.5 Å². The Hall–Kier alpha value is -3.96. The van der Waals surface area contributed by atoms with Crippen LogP contribution in [-0.4, -0.2) is 35.9 Å². The Balaban J connectivity index is 1.60. The van der Waals surface area contributed by atoms with E-state index in [0.717, 1.165) is 0 Å². The lowest BCUT2D eigenvalue weighted by Crippen LogP contribution is -2.30. The van der Waals surface area contributed by atoms with Crippen molar-refractivity contribution >= 4 is 21.6 Å². The highest BCUT2D eigenvalue weighted by molar-refractivity contribution is 7.89. The van der Waals surface area contributed by atoms with Gasteiger partial charge in [0.2, 0.25) is 27.7 Å². The second-order valence-electron chi connectivity index (χ2n) is 7.29. The molecule has 0 saturated heterocycles. The minimum Gasteiger partial charge on any atom is -0.497 e. The summed E-state index contributed by atoms with van der Waals surface area (Å²) >= 11 is 0. The van der Waals surface area contributed by atoms with Crippen LogP contribution in [-0.2, 0) is 27.9 Å². The molecule has 0 bridgehead atoms. The number of sulfonamides is 1. The predicted octanol–water partition coefficient (Wildman–Crippen LogP) is 3.69. The first-order valence-electron chi connectivity index (χ1n) is 10.2. The number of anilines is 1. The predicted molar refractivity (Wildman–Crippen MR) is 122 cm³/mol. The Morgan fingerprint density at radius 1 is 1.03 bits per heavy atom. The lowest BCUT2D eigenvalue weighted by molar-refractivity contribution is -0.114. The van der Waals surface area contributed by atoms with Gasteiger partial charge in [0, 0.05) is 18.2 Å². The molecule has 10 nitrogen and oxygen atoms in total. The molecule has 0 aliphatic rings. The maximum absolute atomic E-state index is 13.4. The Kier molecular flexibility index (Phi) is 6.75. The molecule has 2 aromatic heterocycles. The molecule has 1 N–H and O–H groups in total. The Morgan fingerprint density at radius 3 is 2.38 bits per heavy atom. The van der Waals surface area contributed by atoms with Gasteiger partial charge in [-0.05, 0) is 60.7 Å². The van der Waals surface area contributed by atoms with Gasteiger partial charge in [-0.1, -0.05) is 0 Å². The van der Waals surface area contributed by atoms with E-state index in [4.69, 9.17) is 13.6 Å². The zero-order chi connectivity index (χ0) is 24.1. The molecule has 0 radical (unpaired) electrons. The van der Waals surface area contributed by atoms with Crippen LogP contribution in [0.3, 0.4) is 0 Å². The lowest BCUT2D eigenvalue weighted by atomic mass is 10.2. The van der Waals surface area contributed by atoms with Crippen molar-refractivity contribution in [2.24, 2.45) is 0 Å². The summed E-state index contributed by atoms with van der Waals surface area (Å²) in [5, 5.41) is 10.7. The van der Waals surface area contributed by atoms with Crippen molar-refractivity contribution in [3.63, 3.8) is 0 Å². The molecule has 2 aromatic carbocycles. The first kappa shape index (κ1) is 23.2. The molecular weight excluding hydrogens is 460 g/mol. The van der Waals surface area contributed by atoms with Crippen LogP contribution < -0.4 is 10.1 Å². The first-order chi connectivity index (χ1) is 16.3. The Bertz CT molecular complexity index is 1350. The number of amides is 1. The summed E-state index contributed by atoms with van der Waals surface area (Å²) in [5.74, 6) is 1.26. The van der Waals surface area contributed by atoms with E-state index in [0.29, 0.717) is 22.8 Å². The number of nitrogens with one attached hydrogen (secondary N) is 1. The van der Waals surface area contributed by atoms with Crippen LogP contribution in [0, 0.1) is 0 Å². The van der Waals surface area contributed by atoms with Crippen LogP contribution in [0.5, 0.6) is 5.75 Å². The van der Waals surface area contributed by atoms with Crippen LogP contribution in [0.25, 0.3) is 11.5 Å². The number of benzene rings is 2. The average Bonchev–Trinajstić information content (AvgIpc) is 3.51. The van der Waals surface area contributed by atoms with E-state index in [-0.39, 0.29) is 35.7 Å². The summed E-state index contributed by atoms with van der Waals surface area (Å²) < 4.78 is 44.3. The summed E-state index contributed by atoms with van der Waals surface area (Å²) in [7, 11) is -2.40. The van der Waals surface area contributed by atoms with E-state index < -0.39 is 10.0 Å². The number of aromatic nitrogens is 2. The summed E-state index contributed by atoms with van der Waals surface area (Å²) in [6.45, 7) is 1.17. The van der Waals surface area contributed by atoms with E-state index >= 15 is 0 Å². The molecule has 2 heterocycles. The van der Waals surface area contributed by atoms with Crippen molar-refractivity contribution in [3.8, 4) is 17.2 Å². The number of nitrogens with zero attached hydrogens (tertiary/aromatic N) is 3. The minimum atomic E-state index is -3.97. The number of hydrogen-bond donors (Lipinski definition) is 1.